The molecule has 0 spiro atoms. The predicted octanol–water partition coefficient (Wildman–Crippen LogP) is 3.12. The highest BCUT2D eigenvalue weighted by molar-refractivity contribution is 6.00. The Labute approximate surface area is 148 Å². The number of benzene rings is 2. The number of carbonyl (C=O) groups is 1. The molecule has 0 aliphatic carbocycles. The first kappa shape index (κ1) is 17.4. The lowest BCUT2D eigenvalue weighted by atomic mass is 9.98. The third-order valence-corrected chi connectivity index (χ3v) is 4.85. The Morgan fingerprint density at radius 1 is 1.04 bits per heavy atom. The van der Waals surface area contributed by atoms with Gasteiger partial charge >= 0.3 is 0 Å². The van der Waals surface area contributed by atoms with E-state index < -0.39 is 11.7 Å². The van der Waals surface area contributed by atoms with Gasteiger partial charge in [-0.15, -0.1) is 0 Å². The molecule has 0 saturated carbocycles. The number of rotatable bonds is 4. The number of primary amides is 1. The third kappa shape index (κ3) is 3.66. The van der Waals surface area contributed by atoms with Gasteiger partial charge in [-0.3, -0.25) is 9.69 Å². The van der Waals surface area contributed by atoms with Crippen LogP contribution in [0.1, 0.15) is 24.2 Å². The first-order valence-corrected chi connectivity index (χ1v) is 8.65. The van der Waals surface area contributed by atoms with E-state index in [2.05, 4.69) is 23.6 Å². The van der Waals surface area contributed by atoms with E-state index in [4.69, 9.17) is 5.73 Å². The Hall–Kier alpha value is -2.40. The lowest BCUT2D eigenvalue weighted by Gasteiger charge is -2.38. The summed E-state index contributed by atoms with van der Waals surface area (Å²) in [5, 5.41) is 0. The molecule has 0 bridgehead atoms. The van der Waals surface area contributed by atoms with E-state index in [0.29, 0.717) is 11.6 Å². The summed E-state index contributed by atoms with van der Waals surface area (Å²) in [5.41, 5.74) is 7.75. The number of anilines is 1. The van der Waals surface area contributed by atoms with Crippen LogP contribution in [0.15, 0.2) is 42.5 Å². The molecule has 1 heterocycles. The normalized spacial score (nSPS) is 15.6. The maximum Gasteiger partial charge on any atom is 0.252 e. The van der Waals surface area contributed by atoms with Gasteiger partial charge in [0.05, 0.1) is 5.56 Å². The number of amides is 1. The quantitative estimate of drug-likeness (QED) is 0.929. The van der Waals surface area contributed by atoms with E-state index in [1.165, 1.54) is 6.07 Å². The second kappa shape index (κ2) is 7.23. The monoisotopic (exact) mass is 341 g/mol. The summed E-state index contributed by atoms with van der Waals surface area (Å²) in [6.07, 6.45) is 0. The van der Waals surface area contributed by atoms with Crippen molar-refractivity contribution < 1.29 is 9.18 Å². The summed E-state index contributed by atoms with van der Waals surface area (Å²) in [6.45, 7) is 8.53. The Kier molecular flexibility index (Phi) is 5.04. The van der Waals surface area contributed by atoms with Crippen molar-refractivity contribution in [2.75, 3.05) is 31.1 Å². The topological polar surface area (TPSA) is 49.6 Å². The zero-order chi connectivity index (χ0) is 18.0. The summed E-state index contributed by atoms with van der Waals surface area (Å²) in [4.78, 5) is 16.4. The highest BCUT2D eigenvalue weighted by Gasteiger charge is 2.19. The average molecular weight is 341 g/mol. The summed E-state index contributed by atoms with van der Waals surface area (Å²) in [6, 6.07) is 13.0. The number of carbonyl (C=O) groups excluding carboxylic acids is 1. The van der Waals surface area contributed by atoms with E-state index in [1.54, 1.807) is 12.1 Å². The number of piperazine rings is 1. The fraction of sp³-hybridized carbons (Fsp3) is 0.350. The van der Waals surface area contributed by atoms with Crippen LogP contribution in [0.2, 0.25) is 0 Å². The zero-order valence-electron chi connectivity index (χ0n) is 14.7. The molecule has 0 radical (unpaired) electrons. The fourth-order valence-corrected chi connectivity index (χ4v) is 3.36. The van der Waals surface area contributed by atoms with Crippen molar-refractivity contribution in [3.05, 3.63) is 53.8 Å². The molecule has 0 aromatic heterocycles. The molecule has 0 unspecified atom stereocenters. The number of hydrogen-bond donors (Lipinski definition) is 1. The van der Waals surface area contributed by atoms with Crippen LogP contribution >= 0.6 is 0 Å². The lowest BCUT2D eigenvalue weighted by Crippen LogP contribution is -2.48. The first-order valence-electron chi connectivity index (χ1n) is 8.65. The number of nitrogens with zero attached hydrogens (tertiary/aromatic N) is 2. The second-order valence-corrected chi connectivity index (χ2v) is 6.69. The Morgan fingerprint density at radius 2 is 1.68 bits per heavy atom. The first-order chi connectivity index (χ1) is 12.0. The van der Waals surface area contributed by atoms with Crippen molar-refractivity contribution in [3.63, 3.8) is 0 Å². The molecule has 1 fully saturated rings. The molecule has 1 aliphatic heterocycles. The van der Waals surface area contributed by atoms with Crippen LogP contribution in [0, 0.1) is 5.82 Å². The smallest absolute Gasteiger partial charge is 0.252 e. The van der Waals surface area contributed by atoms with Gasteiger partial charge < -0.3 is 10.6 Å². The van der Waals surface area contributed by atoms with Gasteiger partial charge in [0, 0.05) is 37.9 Å². The summed E-state index contributed by atoms with van der Waals surface area (Å²) < 4.78 is 13.9. The maximum atomic E-state index is 13.9. The number of nitrogens with two attached hydrogens (primary N) is 1. The summed E-state index contributed by atoms with van der Waals surface area (Å²) in [7, 11) is 0. The van der Waals surface area contributed by atoms with Crippen molar-refractivity contribution in [2.24, 2.45) is 5.73 Å². The molecule has 4 nitrogen and oxygen atoms in total. The van der Waals surface area contributed by atoms with Crippen molar-refractivity contribution in [2.45, 2.75) is 19.9 Å². The van der Waals surface area contributed by atoms with E-state index in [1.807, 2.05) is 24.3 Å². The molecule has 2 aromatic carbocycles. The van der Waals surface area contributed by atoms with Gasteiger partial charge in [0.15, 0.2) is 0 Å². The molecule has 0 atom stereocenters. The van der Waals surface area contributed by atoms with Crippen LogP contribution < -0.4 is 10.6 Å². The zero-order valence-corrected chi connectivity index (χ0v) is 14.7. The Balaban J connectivity index is 1.80. The van der Waals surface area contributed by atoms with Crippen LogP contribution in [-0.2, 0) is 0 Å². The SMILES string of the molecule is CC(C)N1CCN(c2ccc(-c3cccc(F)c3C(N)=O)cc2)CC1. The minimum Gasteiger partial charge on any atom is -0.369 e. The lowest BCUT2D eigenvalue weighted by molar-refractivity contribution is 0.0997. The van der Waals surface area contributed by atoms with Crippen LogP contribution in [-0.4, -0.2) is 43.0 Å². The average Bonchev–Trinajstić information content (AvgIpc) is 2.61. The van der Waals surface area contributed by atoms with Gasteiger partial charge in [0.1, 0.15) is 5.82 Å². The van der Waals surface area contributed by atoms with E-state index in [-0.39, 0.29) is 5.56 Å². The molecule has 25 heavy (non-hydrogen) atoms. The second-order valence-electron chi connectivity index (χ2n) is 6.69. The summed E-state index contributed by atoms with van der Waals surface area (Å²) >= 11 is 0. The van der Waals surface area contributed by atoms with Crippen LogP contribution in [0.4, 0.5) is 10.1 Å². The van der Waals surface area contributed by atoms with Gasteiger partial charge in [-0.25, -0.2) is 4.39 Å². The van der Waals surface area contributed by atoms with Crippen LogP contribution in [0.25, 0.3) is 11.1 Å². The van der Waals surface area contributed by atoms with Gasteiger partial charge in [-0.1, -0.05) is 24.3 Å². The molecule has 132 valence electrons. The predicted molar refractivity (Wildman–Crippen MR) is 99.3 cm³/mol. The molecule has 1 amide bonds. The van der Waals surface area contributed by atoms with Crippen LogP contribution in [0.3, 0.4) is 0 Å². The molecular weight excluding hydrogens is 317 g/mol. The van der Waals surface area contributed by atoms with Gasteiger partial charge in [0.2, 0.25) is 0 Å². The van der Waals surface area contributed by atoms with Crippen molar-refractivity contribution in [3.8, 4) is 11.1 Å². The van der Waals surface area contributed by atoms with Crippen molar-refractivity contribution in [1.29, 1.82) is 0 Å². The minimum atomic E-state index is -0.748. The van der Waals surface area contributed by atoms with Crippen LogP contribution in [0.5, 0.6) is 0 Å². The fourth-order valence-electron chi connectivity index (χ4n) is 3.36. The summed E-state index contributed by atoms with van der Waals surface area (Å²) in [5.74, 6) is -1.33. The molecule has 2 N–H and O–H groups in total. The van der Waals surface area contributed by atoms with Gasteiger partial charge in [0.25, 0.3) is 5.91 Å². The highest BCUT2D eigenvalue weighted by Crippen LogP contribution is 2.28. The molecule has 2 aromatic rings. The Bertz CT molecular complexity index is 750. The van der Waals surface area contributed by atoms with Crippen molar-refractivity contribution >= 4 is 11.6 Å². The molecular formula is C20H24FN3O. The highest BCUT2D eigenvalue weighted by atomic mass is 19.1. The number of hydrogen-bond acceptors (Lipinski definition) is 3. The standard InChI is InChI=1S/C20H24FN3O/c1-14(2)23-10-12-24(13-11-23)16-8-6-15(7-9-16)17-4-3-5-18(21)19(17)20(22)25/h3-9,14H,10-13H2,1-2H3,(H2,22,25). The molecule has 5 heteroatoms. The maximum absolute atomic E-state index is 13.9. The van der Waals surface area contributed by atoms with E-state index in [9.17, 15) is 9.18 Å². The Morgan fingerprint density at radius 3 is 2.24 bits per heavy atom. The third-order valence-electron chi connectivity index (χ3n) is 4.85. The molecule has 3 rings (SSSR count). The number of halogens is 1. The van der Waals surface area contributed by atoms with Gasteiger partial charge in [-0.05, 0) is 43.2 Å². The largest absolute Gasteiger partial charge is 0.369 e. The molecule has 1 saturated heterocycles. The van der Waals surface area contributed by atoms with Gasteiger partial charge in [-0.2, -0.15) is 0 Å². The minimum absolute atomic E-state index is 0.0548. The van der Waals surface area contributed by atoms with E-state index >= 15 is 0 Å². The van der Waals surface area contributed by atoms with E-state index in [0.717, 1.165) is 37.4 Å². The van der Waals surface area contributed by atoms with Crippen molar-refractivity contribution in [1.82, 2.24) is 4.90 Å². The molecule has 1 aliphatic rings.